The van der Waals surface area contributed by atoms with Crippen LogP contribution < -0.4 is 9.46 Å². The van der Waals surface area contributed by atoms with E-state index in [-0.39, 0.29) is 17.3 Å². The van der Waals surface area contributed by atoms with Crippen LogP contribution in [0, 0.1) is 0 Å². The number of hydrogen-bond acceptors (Lipinski definition) is 5. The summed E-state index contributed by atoms with van der Waals surface area (Å²) in [5, 5.41) is 15.5. The molecule has 1 unspecified atom stereocenters. The first-order chi connectivity index (χ1) is 9.97. The van der Waals surface area contributed by atoms with Crippen LogP contribution in [0.1, 0.15) is 24.1 Å². The minimum Gasteiger partial charge on any atom is -0.495 e. The fourth-order valence-corrected chi connectivity index (χ4v) is 3.28. The topological polar surface area (TPSA) is 104 Å². The minimum atomic E-state index is -3.75. The van der Waals surface area contributed by atoms with Gasteiger partial charge < -0.3 is 9.84 Å². The van der Waals surface area contributed by atoms with Crippen molar-refractivity contribution in [3.63, 3.8) is 0 Å². The summed E-state index contributed by atoms with van der Waals surface area (Å²) in [5.41, 5.74) is 1.30. The second kappa shape index (κ2) is 6.25. The van der Waals surface area contributed by atoms with Crippen LogP contribution in [-0.2, 0) is 16.6 Å². The van der Waals surface area contributed by atoms with E-state index >= 15 is 0 Å². The zero-order valence-corrected chi connectivity index (χ0v) is 12.5. The van der Waals surface area contributed by atoms with E-state index in [1.807, 2.05) is 0 Å². The van der Waals surface area contributed by atoms with E-state index in [1.165, 1.54) is 19.2 Å². The summed E-state index contributed by atoms with van der Waals surface area (Å²) in [4.78, 5) is 0.0255. The molecule has 0 aliphatic carbocycles. The van der Waals surface area contributed by atoms with Crippen molar-refractivity contribution in [3.8, 4) is 5.75 Å². The maximum Gasteiger partial charge on any atom is 0.244 e. The molecule has 0 saturated carbocycles. The van der Waals surface area contributed by atoms with Crippen LogP contribution in [0.25, 0.3) is 0 Å². The number of rotatable bonds is 6. The molecule has 7 nitrogen and oxygen atoms in total. The molecule has 1 atom stereocenters. The average Bonchev–Trinajstić information content (AvgIpc) is 3.00. The summed E-state index contributed by atoms with van der Waals surface area (Å²) in [6.07, 6.45) is 3.18. The van der Waals surface area contributed by atoms with E-state index in [9.17, 15) is 8.42 Å². The number of aromatic nitrogens is 2. The number of sulfonamides is 1. The van der Waals surface area contributed by atoms with E-state index < -0.39 is 16.1 Å². The number of aromatic amines is 1. The lowest BCUT2D eigenvalue weighted by Crippen LogP contribution is -2.27. The van der Waals surface area contributed by atoms with Crippen LogP contribution in [-0.4, -0.2) is 30.8 Å². The standard InChI is InChI=1S/C13H17N3O4S/c1-9(11-6-14-15-7-11)16-21(18,19)13-4-3-10(8-17)5-12(13)20-2/h3-7,9,16-17H,8H2,1-2H3,(H,14,15). The van der Waals surface area contributed by atoms with Gasteiger partial charge in [-0.3, -0.25) is 5.10 Å². The maximum absolute atomic E-state index is 12.4. The van der Waals surface area contributed by atoms with Crippen molar-refractivity contribution < 1.29 is 18.3 Å². The molecule has 0 radical (unpaired) electrons. The first-order valence-corrected chi connectivity index (χ1v) is 7.75. The summed E-state index contributed by atoms with van der Waals surface area (Å²) in [7, 11) is -2.37. The van der Waals surface area contributed by atoms with E-state index in [4.69, 9.17) is 9.84 Å². The maximum atomic E-state index is 12.4. The van der Waals surface area contributed by atoms with Gasteiger partial charge in [-0.25, -0.2) is 13.1 Å². The molecule has 1 aromatic carbocycles. The normalized spacial score (nSPS) is 13.1. The molecule has 21 heavy (non-hydrogen) atoms. The molecule has 114 valence electrons. The van der Waals surface area contributed by atoms with Crippen molar-refractivity contribution in [3.05, 3.63) is 41.7 Å². The molecule has 0 aliphatic rings. The third-order valence-corrected chi connectivity index (χ3v) is 4.63. The predicted molar refractivity (Wildman–Crippen MR) is 76.2 cm³/mol. The molecule has 2 rings (SSSR count). The van der Waals surface area contributed by atoms with E-state index in [0.717, 1.165) is 5.56 Å². The van der Waals surface area contributed by atoms with Gasteiger partial charge >= 0.3 is 0 Å². The lowest BCUT2D eigenvalue weighted by atomic mass is 10.2. The number of hydrogen-bond donors (Lipinski definition) is 3. The highest BCUT2D eigenvalue weighted by Crippen LogP contribution is 2.26. The first-order valence-electron chi connectivity index (χ1n) is 6.26. The third-order valence-electron chi connectivity index (χ3n) is 3.05. The second-order valence-corrected chi connectivity index (χ2v) is 6.20. The van der Waals surface area contributed by atoms with Gasteiger partial charge in [0.05, 0.1) is 19.9 Å². The molecule has 0 fully saturated rings. The van der Waals surface area contributed by atoms with Crippen molar-refractivity contribution in [2.75, 3.05) is 7.11 Å². The molecular weight excluding hydrogens is 294 g/mol. The number of methoxy groups -OCH3 is 1. The van der Waals surface area contributed by atoms with Crippen molar-refractivity contribution in [1.82, 2.24) is 14.9 Å². The Hall–Kier alpha value is -1.90. The second-order valence-electron chi connectivity index (χ2n) is 4.52. The Balaban J connectivity index is 2.31. The summed E-state index contributed by atoms with van der Waals surface area (Å²) < 4.78 is 32.5. The highest BCUT2D eigenvalue weighted by Gasteiger charge is 2.23. The summed E-state index contributed by atoms with van der Waals surface area (Å²) >= 11 is 0. The smallest absolute Gasteiger partial charge is 0.244 e. The Bertz CT molecular complexity index is 698. The molecule has 3 N–H and O–H groups in total. The van der Waals surface area contributed by atoms with E-state index in [0.29, 0.717) is 5.56 Å². The molecule has 0 bridgehead atoms. The van der Waals surface area contributed by atoms with Crippen LogP contribution in [0.5, 0.6) is 5.75 Å². The third kappa shape index (κ3) is 3.41. The van der Waals surface area contributed by atoms with Crippen LogP contribution in [0.15, 0.2) is 35.5 Å². The number of H-pyrrole nitrogens is 1. The zero-order chi connectivity index (χ0) is 15.5. The SMILES string of the molecule is COc1cc(CO)ccc1S(=O)(=O)NC(C)c1cn[nH]c1. The van der Waals surface area contributed by atoms with Gasteiger partial charge in [0.1, 0.15) is 10.6 Å². The quantitative estimate of drug-likeness (QED) is 0.737. The van der Waals surface area contributed by atoms with Gasteiger partial charge in [0.15, 0.2) is 0 Å². The lowest BCUT2D eigenvalue weighted by Gasteiger charge is -2.15. The molecule has 0 amide bonds. The monoisotopic (exact) mass is 311 g/mol. The largest absolute Gasteiger partial charge is 0.495 e. The van der Waals surface area contributed by atoms with E-state index in [2.05, 4.69) is 14.9 Å². The highest BCUT2D eigenvalue weighted by atomic mass is 32.2. The van der Waals surface area contributed by atoms with Crippen LogP contribution in [0.4, 0.5) is 0 Å². The Morgan fingerprint density at radius 2 is 2.24 bits per heavy atom. The molecule has 2 aromatic rings. The Labute approximate surface area is 123 Å². The Kier molecular flexibility index (Phi) is 4.61. The summed E-state index contributed by atoms with van der Waals surface area (Å²) in [6.45, 7) is 1.53. The fraction of sp³-hybridized carbons (Fsp3) is 0.308. The van der Waals surface area contributed by atoms with Crippen molar-refractivity contribution in [2.45, 2.75) is 24.5 Å². The van der Waals surface area contributed by atoms with Gasteiger partial charge in [-0.1, -0.05) is 6.07 Å². The van der Waals surface area contributed by atoms with Gasteiger partial charge in [-0.05, 0) is 24.6 Å². The Morgan fingerprint density at radius 1 is 1.48 bits per heavy atom. The number of aliphatic hydroxyl groups is 1. The molecule has 1 aromatic heterocycles. The summed E-state index contributed by atoms with van der Waals surface area (Å²) in [5.74, 6) is 0.188. The van der Waals surface area contributed by atoms with Gasteiger partial charge in [0.25, 0.3) is 0 Å². The average molecular weight is 311 g/mol. The highest BCUT2D eigenvalue weighted by molar-refractivity contribution is 7.89. The summed E-state index contributed by atoms with van der Waals surface area (Å²) in [6, 6.07) is 4.02. The molecule has 0 aliphatic heterocycles. The number of aliphatic hydroxyl groups excluding tert-OH is 1. The molecule has 0 spiro atoms. The van der Waals surface area contributed by atoms with Gasteiger partial charge in [0.2, 0.25) is 10.0 Å². The number of benzene rings is 1. The van der Waals surface area contributed by atoms with Crippen LogP contribution in [0.2, 0.25) is 0 Å². The number of nitrogens with one attached hydrogen (secondary N) is 2. The van der Waals surface area contributed by atoms with E-state index in [1.54, 1.807) is 25.4 Å². The lowest BCUT2D eigenvalue weighted by molar-refractivity contribution is 0.280. The number of ether oxygens (including phenoxy) is 1. The zero-order valence-electron chi connectivity index (χ0n) is 11.7. The van der Waals surface area contributed by atoms with Crippen molar-refractivity contribution >= 4 is 10.0 Å². The minimum absolute atomic E-state index is 0.0255. The van der Waals surface area contributed by atoms with Gasteiger partial charge in [0, 0.05) is 17.8 Å². The van der Waals surface area contributed by atoms with Crippen molar-refractivity contribution in [1.29, 1.82) is 0 Å². The molecular formula is C13H17N3O4S. The van der Waals surface area contributed by atoms with Crippen LogP contribution >= 0.6 is 0 Å². The number of nitrogens with zero attached hydrogens (tertiary/aromatic N) is 1. The first kappa shape index (κ1) is 15.5. The molecule has 8 heteroatoms. The van der Waals surface area contributed by atoms with Gasteiger partial charge in [-0.15, -0.1) is 0 Å². The Morgan fingerprint density at radius 3 is 2.81 bits per heavy atom. The molecule has 1 heterocycles. The fourth-order valence-electron chi connectivity index (χ4n) is 1.89. The van der Waals surface area contributed by atoms with Crippen LogP contribution in [0.3, 0.4) is 0 Å². The molecule has 0 saturated heterocycles. The van der Waals surface area contributed by atoms with Crippen molar-refractivity contribution in [2.24, 2.45) is 0 Å². The van der Waals surface area contributed by atoms with Gasteiger partial charge in [-0.2, -0.15) is 5.10 Å². The predicted octanol–water partition coefficient (Wildman–Crippen LogP) is 0.950.